The molecule has 0 amide bonds. The van der Waals surface area contributed by atoms with Gasteiger partial charge >= 0.3 is 12.4 Å². The Bertz CT molecular complexity index is 904. The van der Waals surface area contributed by atoms with Crippen LogP contribution in [0.2, 0.25) is 0 Å². The standard InChI is InChI=1S/C27H41BF6O2S/c1-16(8-13-25(35,26(29,30)31)27(32,33)34)20-6-7-21-19-5-4-17-14-18(36-37-15-28)9-11-23(17,2)22(19)10-12-24(20,21)3/h4,16,18-22,35H,5-15,28H2,1-3H3/t16?,18-,19?,20?,21?,22?,23?,24?/m0/s1/i28TD. The Hall–Kier alpha value is -0.345. The van der Waals surface area contributed by atoms with Gasteiger partial charge in [-0.2, -0.15) is 26.3 Å². The van der Waals surface area contributed by atoms with Crippen molar-refractivity contribution in [3.8, 4) is 0 Å². The number of halogens is 6. The van der Waals surface area contributed by atoms with E-state index in [1.54, 1.807) is 6.92 Å². The summed E-state index contributed by atoms with van der Waals surface area (Å²) in [5, 5.41) is 9.67. The molecule has 0 aliphatic heterocycles. The molecule has 0 bridgehead atoms. The van der Waals surface area contributed by atoms with Crippen LogP contribution in [0.4, 0.5) is 26.3 Å². The SMILES string of the molecule is [2H]B([3H])CSO[C@H]1CCC2(C)C(=CCC3C2CCC2(C)C(C(C)CCC(O)(C(F)(F)F)C(F)(F)F)CCC32)C1. The number of hydrogen-bond donors (Lipinski definition) is 1. The van der Waals surface area contributed by atoms with E-state index in [4.69, 9.17) is 6.85 Å². The molecule has 8 atom stereocenters. The van der Waals surface area contributed by atoms with Gasteiger partial charge in [0, 0.05) is 0 Å². The molecule has 1 N–H and O–H groups in total. The Morgan fingerprint density at radius 1 is 1.16 bits per heavy atom. The fourth-order valence-corrected chi connectivity index (χ4v) is 9.34. The van der Waals surface area contributed by atoms with Gasteiger partial charge in [-0.15, -0.1) is 0 Å². The van der Waals surface area contributed by atoms with Crippen LogP contribution in [0.25, 0.3) is 0 Å². The molecular formula is C27H41BF6O2S. The minimum Gasteiger partial charge on any atom is -0.374 e. The summed E-state index contributed by atoms with van der Waals surface area (Å²) in [6.07, 6.45) is -3.35. The third kappa shape index (κ3) is 5.02. The zero-order valence-corrected chi connectivity index (χ0v) is 22.7. The van der Waals surface area contributed by atoms with Crippen LogP contribution in [0.1, 0.15) is 85.0 Å². The Labute approximate surface area is 225 Å². The van der Waals surface area contributed by atoms with Crippen LogP contribution in [0.15, 0.2) is 11.6 Å². The highest BCUT2D eigenvalue weighted by molar-refractivity contribution is 7.95. The number of fused-ring (bicyclic) bond motifs is 5. The van der Waals surface area contributed by atoms with Gasteiger partial charge < -0.3 is 9.29 Å². The minimum absolute atomic E-state index is 0.0337. The molecule has 0 aromatic rings. The summed E-state index contributed by atoms with van der Waals surface area (Å²) >= 11 is 1.21. The van der Waals surface area contributed by atoms with Crippen molar-refractivity contribution >= 4 is 19.8 Å². The Balaban J connectivity index is 1.44. The molecule has 0 spiro atoms. The van der Waals surface area contributed by atoms with Gasteiger partial charge in [-0.25, -0.2) is 0 Å². The number of aliphatic hydroxyl groups is 1. The van der Waals surface area contributed by atoms with Crippen molar-refractivity contribution < 1.29 is 35.6 Å². The summed E-state index contributed by atoms with van der Waals surface area (Å²) in [6.45, 7) is 6.33. The van der Waals surface area contributed by atoms with Crippen LogP contribution in [-0.2, 0) is 4.18 Å². The first-order chi connectivity index (χ1) is 17.9. The highest BCUT2D eigenvalue weighted by Crippen LogP contribution is 2.67. The van der Waals surface area contributed by atoms with Crippen molar-refractivity contribution in [2.24, 2.45) is 40.4 Å². The van der Waals surface area contributed by atoms with Gasteiger partial charge in [0.05, 0.1) is 6.10 Å². The van der Waals surface area contributed by atoms with Crippen LogP contribution >= 0.6 is 12.0 Å². The molecule has 0 aromatic carbocycles. The van der Waals surface area contributed by atoms with E-state index in [2.05, 4.69) is 19.9 Å². The molecule has 3 saturated carbocycles. The minimum atomic E-state index is -5.76. The molecule has 10 heteroatoms. The van der Waals surface area contributed by atoms with E-state index in [0.29, 0.717) is 23.4 Å². The maximum Gasteiger partial charge on any atom is 0.426 e. The third-order valence-corrected chi connectivity index (χ3v) is 11.5. The molecule has 4 rings (SSSR count). The van der Waals surface area contributed by atoms with Crippen LogP contribution in [0, 0.1) is 40.4 Å². The fraction of sp³-hybridized carbons (Fsp3) is 0.926. The summed E-state index contributed by atoms with van der Waals surface area (Å²) in [7, 11) is -0.909. The molecule has 4 aliphatic carbocycles. The van der Waals surface area contributed by atoms with E-state index >= 15 is 0 Å². The van der Waals surface area contributed by atoms with Crippen LogP contribution in [-0.4, -0.2) is 45.3 Å². The average Bonchev–Trinajstić information content (AvgIpc) is 3.18. The van der Waals surface area contributed by atoms with Crippen LogP contribution in [0.5, 0.6) is 0 Å². The van der Waals surface area contributed by atoms with Crippen LogP contribution in [0.3, 0.4) is 0 Å². The van der Waals surface area contributed by atoms with Crippen molar-refractivity contribution in [3.05, 3.63) is 11.6 Å². The zero-order valence-electron chi connectivity index (χ0n) is 23.9. The van der Waals surface area contributed by atoms with Gasteiger partial charge in [0.2, 0.25) is 0 Å². The van der Waals surface area contributed by atoms with Crippen molar-refractivity contribution in [1.82, 2.24) is 0 Å². The first-order valence-corrected chi connectivity index (χ1v) is 14.5. The molecule has 0 saturated heterocycles. The normalized spacial score (nSPS) is 40.1. The lowest BCUT2D eigenvalue weighted by molar-refractivity contribution is -0.370. The van der Waals surface area contributed by atoms with Crippen LogP contribution < -0.4 is 0 Å². The molecule has 7 unspecified atom stereocenters. The largest absolute Gasteiger partial charge is 0.426 e. The number of hydrogen-bond acceptors (Lipinski definition) is 3. The molecular weight excluding hydrogens is 513 g/mol. The lowest BCUT2D eigenvalue weighted by Crippen LogP contribution is -2.57. The predicted molar refractivity (Wildman–Crippen MR) is 137 cm³/mol. The van der Waals surface area contributed by atoms with E-state index in [9.17, 15) is 31.4 Å². The van der Waals surface area contributed by atoms with E-state index in [1.807, 2.05) is 0 Å². The lowest BCUT2D eigenvalue weighted by atomic mass is 9.47. The van der Waals surface area contributed by atoms with E-state index in [-0.39, 0.29) is 35.2 Å². The first kappa shape index (κ1) is 26.9. The van der Waals surface area contributed by atoms with E-state index in [1.165, 1.54) is 17.6 Å². The van der Waals surface area contributed by atoms with Crippen molar-refractivity contribution in [3.63, 3.8) is 0 Å². The molecule has 0 aromatic heterocycles. The van der Waals surface area contributed by atoms with Gasteiger partial charge in [-0.1, -0.05) is 32.4 Å². The molecule has 3 fully saturated rings. The van der Waals surface area contributed by atoms with Crippen molar-refractivity contribution in [1.29, 1.82) is 2.67 Å². The zero-order chi connectivity index (χ0) is 29.0. The fourth-order valence-electron chi connectivity index (χ4n) is 8.90. The first-order valence-electron chi connectivity index (χ1n) is 14.8. The second-order valence-corrected chi connectivity index (χ2v) is 13.4. The maximum atomic E-state index is 13.2. The molecule has 37 heavy (non-hydrogen) atoms. The second-order valence-electron chi connectivity index (χ2n) is 12.6. The van der Waals surface area contributed by atoms with Gasteiger partial charge in [-0.05, 0) is 125 Å². The van der Waals surface area contributed by atoms with Gasteiger partial charge in [0.1, 0.15) is 7.77 Å². The van der Waals surface area contributed by atoms with Crippen molar-refractivity contribution in [2.75, 3.05) is 5.65 Å². The van der Waals surface area contributed by atoms with E-state index < -0.39 is 32.1 Å². The summed E-state index contributed by atoms with van der Waals surface area (Å²) in [6, 6.07) is 0. The third-order valence-electron chi connectivity index (χ3n) is 11.0. The smallest absolute Gasteiger partial charge is 0.374 e. The number of allylic oxidation sites excluding steroid dienone is 1. The van der Waals surface area contributed by atoms with Crippen molar-refractivity contribution in [2.45, 2.75) is 109 Å². The molecule has 4 aliphatic rings. The quantitative estimate of drug-likeness (QED) is 0.145. The summed E-state index contributed by atoms with van der Waals surface area (Å²) in [5.74, 6) is 1.03. The monoisotopic (exact) mass is 557 g/mol. The number of alkyl halides is 6. The molecule has 212 valence electrons. The van der Waals surface area contributed by atoms with Gasteiger partial charge in [-0.3, -0.25) is 0 Å². The summed E-state index contributed by atoms with van der Waals surface area (Å²) in [4.78, 5) is 0. The highest BCUT2D eigenvalue weighted by Gasteiger charge is 2.70. The van der Waals surface area contributed by atoms with E-state index in [0.717, 1.165) is 51.4 Å². The Morgan fingerprint density at radius 2 is 1.86 bits per heavy atom. The number of rotatable bonds is 8. The molecule has 0 radical (unpaired) electrons. The Morgan fingerprint density at radius 3 is 2.51 bits per heavy atom. The summed E-state index contributed by atoms with van der Waals surface area (Å²) < 4.78 is 100. The lowest BCUT2D eigenvalue weighted by Gasteiger charge is -2.58. The molecule has 2 nitrogen and oxygen atoms in total. The average molecular weight is 558 g/mol. The predicted octanol–water partition coefficient (Wildman–Crippen LogP) is 7.46. The molecule has 0 heterocycles. The Kier molecular flexibility index (Phi) is 7.44. The second kappa shape index (κ2) is 10.2. The topological polar surface area (TPSA) is 29.5 Å². The highest BCUT2D eigenvalue weighted by atomic mass is 32.2. The van der Waals surface area contributed by atoms with Gasteiger partial charge in [0.25, 0.3) is 5.60 Å². The summed E-state index contributed by atoms with van der Waals surface area (Å²) in [5.41, 5.74) is -2.98. The maximum absolute atomic E-state index is 13.2. The van der Waals surface area contributed by atoms with Gasteiger partial charge in [0.15, 0.2) is 0 Å².